The van der Waals surface area contributed by atoms with Crippen LogP contribution in [0.2, 0.25) is 0 Å². The number of alkyl halides is 3. The zero-order chi connectivity index (χ0) is 19.9. The lowest BCUT2D eigenvalue weighted by molar-refractivity contribution is -0.222. The summed E-state index contributed by atoms with van der Waals surface area (Å²) in [6.45, 7) is 2.68. The Kier molecular flexibility index (Phi) is 4.79. The number of esters is 2. The first-order valence-electron chi connectivity index (χ1n) is 7.05. The number of anilines is 1. The van der Waals surface area contributed by atoms with Gasteiger partial charge in [0.2, 0.25) is 0 Å². The average molecular weight is 393 g/mol. The van der Waals surface area contributed by atoms with Crippen LogP contribution >= 0.6 is 0 Å². The van der Waals surface area contributed by atoms with Crippen molar-refractivity contribution in [3.05, 3.63) is 35.5 Å². The van der Waals surface area contributed by atoms with Crippen LogP contribution in [0, 0.1) is 0 Å². The van der Waals surface area contributed by atoms with Crippen LogP contribution in [0.25, 0.3) is 0 Å². The molecule has 7 nitrogen and oxygen atoms in total. The quantitative estimate of drug-likeness (QED) is 0.478. The van der Waals surface area contributed by atoms with Gasteiger partial charge in [-0.25, -0.2) is 18.0 Å². The van der Waals surface area contributed by atoms with Crippen molar-refractivity contribution in [2.24, 2.45) is 0 Å². The normalized spacial score (nSPS) is 17.4. The minimum absolute atomic E-state index is 0.192. The number of hydrogen-bond acceptors (Lipinski definition) is 7. The van der Waals surface area contributed by atoms with Crippen molar-refractivity contribution in [3.8, 4) is 0 Å². The smallest absolute Gasteiger partial charge is 0.417 e. The van der Waals surface area contributed by atoms with Gasteiger partial charge in [0.05, 0.1) is 10.5 Å². The maximum atomic E-state index is 13.1. The first-order chi connectivity index (χ1) is 11.7. The van der Waals surface area contributed by atoms with Gasteiger partial charge >= 0.3 is 18.1 Å². The summed E-state index contributed by atoms with van der Waals surface area (Å²) < 4.78 is 72.0. The number of hydrogen-bond donors (Lipinski definition) is 1. The molecule has 0 atom stereocenters. The van der Waals surface area contributed by atoms with Crippen molar-refractivity contribution < 1.29 is 40.7 Å². The maximum Gasteiger partial charge on any atom is 0.417 e. The van der Waals surface area contributed by atoms with Crippen LogP contribution in [0.15, 0.2) is 34.9 Å². The molecular formula is C15H14F3NO6S. The van der Waals surface area contributed by atoms with Crippen molar-refractivity contribution >= 4 is 27.5 Å². The van der Waals surface area contributed by atoms with Gasteiger partial charge in [-0.15, -0.1) is 0 Å². The molecule has 0 bridgehead atoms. The topological polar surface area (TPSA) is 98.8 Å². The Morgan fingerprint density at radius 2 is 1.65 bits per heavy atom. The van der Waals surface area contributed by atoms with Crippen LogP contribution in [-0.4, -0.2) is 32.4 Å². The van der Waals surface area contributed by atoms with Gasteiger partial charge < -0.3 is 14.8 Å². The SMILES string of the molecule is CC1(C)OC(=O)C(=CNc2ccc(S(C)(=O)=O)c(C(F)(F)F)c2)C(=O)O1. The molecule has 0 amide bonds. The Hall–Kier alpha value is -2.56. The van der Waals surface area contributed by atoms with E-state index in [1.165, 1.54) is 13.8 Å². The molecule has 1 aromatic rings. The molecule has 1 saturated heterocycles. The zero-order valence-electron chi connectivity index (χ0n) is 13.8. The fourth-order valence-electron chi connectivity index (χ4n) is 2.10. The van der Waals surface area contributed by atoms with Gasteiger partial charge in [0.25, 0.3) is 5.79 Å². The summed E-state index contributed by atoms with van der Waals surface area (Å²) in [5.41, 5.74) is -2.12. The number of nitrogens with one attached hydrogen (secondary N) is 1. The molecular weight excluding hydrogens is 379 g/mol. The minimum Gasteiger partial charge on any atom is -0.419 e. The van der Waals surface area contributed by atoms with E-state index in [0.29, 0.717) is 12.3 Å². The van der Waals surface area contributed by atoms with Gasteiger partial charge in [-0.05, 0) is 18.2 Å². The van der Waals surface area contributed by atoms with E-state index < -0.39 is 49.8 Å². The van der Waals surface area contributed by atoms with Crippen molar-refractivity contribution in [2.45, 2.75) is 30.7 Å². The Morgan fingerprint density at radius 1 is 1.12 bits per heavy atom. The van der Waals surface area contributed by atoms with Crippen molar-refractivity contribution in [1.82, 2.24) is 0 Å². The summed E-state index contributed by atoms with van der Waals surface area (Å²) in [4.78, 5) is 22.6. The number of halogens is 3. The molecule has 142 valence electrons. The molecule has 1 aliphatic heterocycles. The lowest BCUT2D eigenvalue weighted by Crippen LogP contribution is -2.42. The lowest BCUT2D eigenvalue weighted by Gasteiger charge is -2.29. The number of carbonyl (C=O) groups excluding carboxylic acids is 2. The molecule has 1 heterocycles. The lowest BCUT2D eigenvalue weighted by atomic mass is 10.2. The standard InChI is InChI=1S/C15H14F3NO6S/c1-14(2)24-12(20)9(13(21)25-14)7-19-8-4-5-11(26(3,22)23)10(6-8)15(16,17)18/h4-7,19H,1-3H3. The van der Waals surface area contributed by atoms with Gasteiger partial charge in [0.15, 0.2) is 15.4 Å². The van der Waals surface area contributed by atoms with Crippen LogP contribution in [0.1, 0.15) is 19.4 Å². The maximum absolute atomic E-state index is 13.1. The van der Waals surface area contributed by atoms with E-state index in [0.717, 1.165) is 18.3 Å². The second-order valence-corrected chi connectivity index (χ2v) is 7.85. The summed E-state index contributed by atoms with van der Waals surface area (Å²) >= 11 is 0. The summed E-state index contributed by atoms with van der Waals surface area (Å²) in [6, 6.07) is 2.39. The summed E-state index contributed by atoms with van der Waals surface area (Å²) in [7, 11) is -4.11. The molecule has 1 aliphatic rings. The number of ether oxygens (including phenoxy) is 2. The average Bonchev–Trinajstić information content (AvgIpc) is 2.42. The van der Waals surface area contributed by atoms with E-state index in [-0.39, 0.29) is 5.69 Å². The Balaban J connectivity index is 2.37. The molecule has 2 rings (SSSR count). The second-order valence-electron chi connectivity index (χ2n) is 5.86. The number of cyclic esters (lactones) is 2. The molecule has 1 aromatic carbocycles. The fourth-order valence-corrected chi connectivity index (χ4v) is 2.99. The largest absolute Gasteiger partial charge is 0.419 e. The molecule has 1 N–H and O–H groups in total. The van der Waals surface area contributed by atoms with Crippen LogP contribution in [0.4, 0.5) is 18.9 Å². The zero-order valence-corrected chi connectivity index (χ0v) is 14.6. The number of benzene rings is 1. The molecule has 26 heavy (non-hydrogen) atoms. The predicted molar refractivity (Wildman–Crippen MR) is 82.5 cm³/mol. The van der Waals surface area contributed by atoms with Gasteiger partial charge in [-0.1, -0.05) is 0 Å². The molecule has 0 saturated carbocycles. The van der Waals surface area contributed by atoms with Gasteiger partial charge in [-0.2, -0.15) is 13.2 Å². The molecule has 0 unspecified atom stereocenters. The Bertz CT molecular complexity index is 880. The summed E-state index contributed by atoms with van der Waals surface area (Å²) in [6.07, 6.45) is -3.44. The van der Waals surface area contributed by atoms with Crippen molar-refractivity contribution in [2.75, 3.05) is 11.6 Å². The number of carbonyl (C=O) groups is 2. The van der Waals surface area contributed by atoms with Crippen LogP contribution < -0.4 is 5.32 Å². The highest BCUT2D eigenvalue weighted by Gasteiger charge is 2.39. The molecule has 0 radical (unpaired) electrons. The third-order valence-corrected chi connectivity index (χ3v) is 4.34. The van der Waals surface area contributed by atoms with Crippen LogP contribution in [-0.2, 0) is 35.1 Å². The van der Waals surface area contributed by atoms with E-state index in [1.807, 2.05) is 0 Å². The number of rotatable bonds is 3. The van der Waals surface area contributed by atoms with Crippen molar-refractivity contribution in [3.63, 3.8) is 0 Å². The van der Waals surface area contributed by atoms with E-state index in [2.05, 4.69) is 5.32 Å². The van der Waals surface area contributed by atoms with E-state index >= 15 is 0 Å². The van der Waals surface area contributed by atoms with Gasteiger partial charge in [-0.3, -0.25) is 0 Å². The Labute approximate surface area is 146 Å². The monoisotopic (exact) mass is 393 g/mol. The first-order valence-corrected chi connectivity index (χ1v) is 8.94. The van der Waals surface area contributed by atoms with Gasteiger partial charge in [0.1, 0.15) is 0 Å². The summed E-state index contributed by atoms with van der Waals surface area (Å²) in [5, 5.41) is 2.34. The van der Waals surface area contributed by atoms with Crippen LogP contribution in [0.3, 0.4) is 0 Å². The second kappa shape index (κ2) is 6.31. The molecule has 0 spiro atoms. The molecule has 1 fully saturated rings. The van der Waals surface area contributed by atoms with Gasteiger partial charge in [0, 0.05) is 32.0 Å². The third-order valence-electron chi connectivity index (χ3n) is 3.18. The highest BCUT2D eigenvalue weighted by Crippen LogP contribution is 2.36. The highest BCUT2D eigenvalue weighted by molar-refractivity contribution is 7.90. The van der Waals surface area contributed by atoms with Crippen LogP contribution in [0.5, 0.6) is 0 Å². The van der Waals surface area contributed by atoms with E-state index in [9.17, 15) is 31.2 Å². The molecule has 11 heteroatoms. The molecule has 0 aromatic heterocycles. The van der Waals surface area contributed by atoms with E-state index in [4.69, 9.17) is 9.47 Å². The molecule has 0 aliphatic carbocycles. The van der Waals surface area contributed by atoms with E-state index in [1.54, 1.807) is 0 Å². The predicted octanol–water partition coefficient (Wildman–Crippen LogP) is 2.24. The first kappa shape index (κ1) is 19.8. The van der Waals surface area contributed by atoms with Crippen molar-refractivity contribution in [1.29, 1.82) is 0 Å². The fraction of sp³-hybridized carbons (Fsp3) is 0.333. The number of sulfone groups is 1. The highest BCUT2D eigenvalue weighted by atomic mass is 32.2. The third kappa shape index (κ3) is 4.34. The Morgan fingerprint density at radius 3 is 2.12 bits per heavy atom. The minimum atomic E-state index is -4.92. The summed E-state index contributed by atoms with van der Waals surface area (Å²) in [5.74, 6) is -3.48.